The highest BCUT2D eigenvalue weighted by atomic mass is 16.3. The molecule has 1 aromatic heterocycles. The first-order valence-electron chi connectivity index (χ1n) is 7.11. The lowest BCUT2D eigenvalue weighted by atomic mass is 10.1. The molecule has 1 aromatic rings. The first-order valence-corrected chi connectivity index (χ1v) is 7.11. The standard InChI is InChI=1S/C14H23N3O3/c1-3-4-5-6-7-8-9-15-13(19)11-12(18)14(20)17-10(2)16-11/h18H,3-9H2,1-2H3,(H,15,19)(H,16,17,20). The molecule has 1 amide bonds. The fourth-order valence-electron chi connectivity index (χ4n) is 1.90. The number of amides is 1. The predicted molar refractivity (Wildman–Crippen MR) is 75.8 cm³/mol. The second-order valence-electron chi connectivity index (χ2n) is 4.82. The molecule has 1 rings (SSSR count). The highest BCUT2D eigenvalue weighted by Crippen LogP contribution is 2.24. The van der Waals surface area contributed by atoms with E-state index in [1.54, 1.807) is 6.92 Å². The number of carbonyl (C=O) groups excluding carboxylic acids is 1. The lowest BCUT2D eigenvalue weighted by Gasteiger charge is -2.07. The summed E-state index contributed by atoms with van der Waals surface area (Å²) in [6, 6.07) is 0. The number of hydrogen-bond donors (Lipinski definition) is 3. The summed E-state index contributed by atoms with van der Waals surface area (Å²) in [5, 5.41) is 21.6. The number of aromatic hydroxyl groups is 2. The molecule has 0 aliphatic rings. The van der Waals surface area contributed by atoms with Gasteiger partial charge in [-0.05, 0) is 13.3 Å². The molecule has 0 aliphatic carbocycles. The molecule has 0 radical (unpaired) electrons. The number of unbranched alkanes of at least 4 members (excludes halogenated alkanes) is 5. The largest absolute Gasteiger partial charge is 0.501 e. The van der Waals surface area contributed by atoms with Gasteiger partial charge in [-0.25, -0.2) is 4.98 Å². The normalized spacial score (nSPS) is 10.5. The van der Waals surface area contributed by atoms with Crippen molar-refractivity contribution < 1.29 is 15.0 Å². The van der Waals surface area contributed by atoms with Crippen LogP contribution in [0.5, 0.6) is 11.6 Å². The highest BCUT2D eigenvalue weighted by Gasteiger charge is 2.17. The summed E-state index contributed by atoms with van der Waals surface area (Å²) in [5.74, 6) is -1.39. The van der Waals surface area contributed by atoms with Gasteiger partial charge in [0.25, 0.3) is 11.8 Å². The van der Waals surface area contributed by atoms with Gasteiger partial charge in [0, 0.05) is 6.54 Å². The van der Waals surface area contributed by atoms with Crippen LogP contribution < -0.4 is 5.32 Å². The lowest BCUT2D eigenvalue weighted by molar-refractivity contribution is 0.0943. The summed E-state index contributed by atoms with van der Waals surface area (Å²) in [6.07, 6.45) is 6.82. The molecular formula is C14H23N3O3. The highest BCUT2D eigenvalue weighted by molar-refractivity contribution is 5.95. The van der Waals surface area contributed by atoms with Crippen LogP contribution in [0, 0.1) is 6.92 Å². The molecule has 0 bridgehead atoms. The number of aryl methyl sites for hydroxylation is 1. The minimum Gasteiger partial charge on any atom is -0.501 e. The van der Waals surface area contributed by atoms with Crippen LogP contribution in [0.15, 0.2) is 0 Å². The van der Waals surface area contributed by atoms with E-state index in [0.29, 0.717) is 6.54 Å². The first kappa shape index (κ1) is 16.2. The van der Waals surface area contributed by atoms with E-state index >= 15 is 0 Å². The van der Waals surface area contributed by atoms with Crippen LogP contribution in [0.25, 0.3) is 0 Å². The Morgan fingerprint density at radius 3 is 2.45 bits per heavy atom. The van der Waals surface area contributed by atoms with E-state index in [9.17, 15) is 15.0 Å². The molecule has 6 nitrogen and oxygen atoms in total. The Morgan fingerprint density at radius 1 is 1.10 bits per heavy atom. The van der Waals surface area contributed by atoms with Crippen LogP contribution in [0.1, 0.15) is 61.8 Å². The van der Waals surface area contributed by atoms with Gasteiger partial charge < -0.3 is 15.5 Å². The van der Waals surface area contributed by atoms with Gasteiger partial charge in [0.05, 0.1) is 0 Å². The van der Waals surface area contributed by atoms with Gasteiger partial charge in [0.1, 0.15) is 5.82 Å². The monoisotopic (exact) mass is 281 g/mol. The maximum absolute atomic E-state index is 11.8. The van der Waals surface area contributed by atoms with Crippen molar-refractivity contribution in [3.8, 4) is 11.6 Å². The Labute approximate surface area is 119 Å². The Hall–Kier alpha value is -1.85. The molecule has 112 valence electrons. The SMILES string of the molecule is CCCCCCCCNC(=O)c1nc(C)nc(O)c1O. The van der Waals surface area contributed by atoms with Gasteiger partial charge in [-0.3, -0.25) is 4.79 Å². The van der Waals surface area contributed by atoms with Gasteiger partial charge in [-0.2, -0.15) is 4.98 Å². The quantitative estimate of drug-likeness (QED) is 0.635. The Morgan fingerprint density at radius 2 is 1.75 bits per heavy atom. The number of nitrogens with one attached hydrogen (secondary N) is 1. The van der Waals surface area contributed by atoms with Crippen molar-refractivity contribution in [3.05, 3.63) is 11.5 Å². The van der Waals surface area contributed by atoms with Crippen molar-refractivity contribution in [3.63, 3.8) is 0 Å². The molecule has 3 N–H and O–H groups in total. The van der Waals surface area contributed by atoms with Crippen LogP contribution in [0.4, 0.5) is 0 Å². The number of aromatic nitrogens is 2. The zero-order valence-corrected chi connectivity index (χ0v) is 12.1. The fraction of sp³-hybridized carbons (Fsp3) is 0.643. The van der Waals surface area contributed by atoms with Crippen molar-refractivity contribution in [1.82, 2.24) is 15.3 Å². The van der Waals surface area contributed by atoms with E-state index in [1.165, 1.54) is 25.7 Å². The molecule has 1 heterocycles. The van der Waals surface area contributed by atoms with Crippen molar-refractivity contribution in [2.24, 2.45) is 0 Å². The number of nitrogens with zero attached hydrogens (tertiary/aromatic N) is 2. The van der Waals surface area contributed by atoms with Crippen LogP contribution in [-0.4, -0.2) is 32.6 Å². The van der Waals surface area contributed by atoms with E-state index < -0.39 is 17.5 Å². The molecule has 0 fully saturated rings. The number of hydrogen-bond acceptors (Lipinski definition) is 5. The van der Waals surface area contributed by atoms with E-state index in [4.69, 9.17) is 0 Å². The minimum atomic E-state index is -0.573. The fourth-order valence-corrected chi connectivity index (χ4v) is 1.90. The molecule has 0 saturated carbocycles. The molecule has 6 heteroatoms. The molecule has 0 aliphatic heterocycles. The van der Waals surface area contributed by atoms with Crippen LogP contribution in [0.2, 0.25) is 0 Å². The average molecular weight is 281 g/mol. The average Bonchev–Trinajstić information content (AvgIpc) is 2.41. The van der Waals surface area contributed by atoms with Gasteiger partial charge in [-0.15, -0.1) is 0 Å². The molecule has 0 unspecified atom stereocenters. The summed E-state index contributed by atoms with van der Waals surface area (Å²) in [6.45, 7) is 4.25. The number of rotatable bonds is 8. The summed E-state index contributed by atoms with van der Waals surface area (Å²) < 4.78 is 0. The van der Waals surface area contributed by atoms with Crippen LogP contribution in [-0.2, 0) is 0 Å². The topological polar surface area (TPSA) is 95.3 Å². The Bertz CT molecular complexity index is 450. The summed E-state index contributed by atoms with van der Waals surface area (Å²) in [5.41, 5.74) is -0.180. The van der Waals surface area contributed by atoms with Crippen LogP contribution >= 0.6 is 0 Å². The number of carbonyl (C=O) groups is 1. The van der Waals surface area contributed by atoms with Crippen molar-refractivity contribution in [1.29, 1.82) is 0 Å². The first-order chi connectivity index (χ1) is 9.56. The zero-order valence-electron chi connectivity index (χ0n) is 12.1. The zero-order chi connectivity index (χ0) is 15.0. The molecule has 20 heavy (non-hydrogen) atoms. The van der Waals surface area contributed by atoms with E-state index in [0.717, 1.165) is 12.8 Å². The third kappa shape index (κ3) is 5.03. The van der Waals surface area contributed by atoms with Crippen molar-refractivity contribution in [2.75, 3.05) is 6.54 Å². The minimum absolute atomic E-state index is 0.180. The maximum Gasteiger partial charge on any atom is 0.274 e. The molecule has 0 aromatic carbocycles. The molecule has 0 saturated heterocycles. The lowest BCUT2D eigenvalue weighted by Crippen LogP contribution is -2.25. The smallest absolute Gasteiger partial charge is 0.274 e. The third-order valence-electron chi connectivity index (χ3n) is 3.01. The van der Waals surface area contributed by atoms with E-state index in [2.05, 4.69) is 22.2 Å². The Balaban J connectivity index is 2.36. The summed E-state index contributed by atoms with van der Waals surface area (Å²) in [7, 11) is 0. The third-order valence-corrected chi connectivity index (χ3v) is 3.01. The van der Waals surface area contributed by atoms with Gasteiger partial charge in [0.2, 0.25) is 5.75 Å². The van der Waals surface area contributed by atoms with Gasteiger partial charge in [-0.1, -0.05) is 39.0 Å². The van der Waals surface area contributed by atoms with E-state index in [-0.39, 0.29) is 11.5 Å². The van der Waals surface area contributed by atoms with Crippen molar-refractivity contribution in [2.45, 2.75) is 52.4 Å². The molecule has 0 spiro atoms. The summed E-state index contributed by atoms with van der Waals surface area (Å²) >= 11 is 0. The van der Waals surface area contributed by atoms with E-state index in [1.807, 2.05) is 0 Å². The summed E-state index contributed by atoms with van der Waals surface area (Å²) in [4.78, 5) is 19.2. The molecular weight excluding hydrogens is 258 g/mol. The second kappa shape index (κ2) is 8.35. The van der Waals surface area contributed by atoms with Gasteiger partial charge in [0.15, 0.2) is 5.69 Å². The molecule has 0 atom stereocenters. The predicted octanol–water partition coefficient (Wildman–Crippen LogP) is 2.29. The second-order valence-corrected chi connectivity index (χ2v) is 4.82. The maximum atomic E-state index is 11.8. The van der Waals surface area contributed by atoms with Crippen LogP contribution in [0.3, 0.4) is 0 Å². The Kier molecular flexibility index (Phi) is 6.76. The van der Waals surface area contributed by atoms with Gasteiger partial charge >= 0.3 is 0 Å². The van der Waals surface area contributed by atoms with Crippen molar-refractivity contribution >= 4 is 5.91 Å².